The number of aromatic nitrogens is 1. The number of nitrogens with one attached hydrogen (secondary N) is 1. The summed E-state index contributed by atoms with van der Waals surface area (Å²) in [4.78, 5) is 16.2. The molecule has 0 unspecified atom stereocenters. The van der Waals surface area contributed by atoms with E-state index in [-0.39, 0.29) is 24.0 Å². The number of halogens is 2. The Balaban J connectivity index is 1.54. The van der Waals surface area contributed by atoms with Gasteiger partial charge in [-0.2, -0.15) is 0 Å². The van der Waals surface area contributed by atoms with Crippen molar-refractivity contribution >= 4 is 34.3 Å². The first kappa shape index (κ1) is 16.3. The molecule has 0 fully saturated rings. The van der Waals surface area contributed by atoms with Crippen LogP contribution in [0.3, 0.4) is 0 Å². The molecular formula is C17H14ClFN2O3. The van der Waals surface area contributed by atoms with Gasteiger partial charge >= 0.3 is 0 Å². The van der Waals surface area contributed by atoms with E-state index in [2.05, 4.69) is 10.3 Å². The van der Waals surface area contributed by atoms with Crippen LogP contribution >= 0.6 is 11.6 Å². The minimum Gasteiger partial charge on any atom is -0.491 e. The highest BCUT2D eigenvalue weighted by atomic mass is 35.5. The summed E-state index contributed by atoms with van der Waals surface area (Å²) < 4.78 is 23.7. The molecule has 0 radical (unpaired) electrons. The third-order valence-corrected chi connectivity index (χ3v) is 3.55. The van der Waals surface area contributed by atoms with Gasteiger partial charge in [0.2, 0.25) is 5.91 Å². The van der Waals surface area contributed by atoms with Crippen LogP contribution in [0.4, 0.5) is 10.1 Å². The van der Waals surface area contributed by atoms with Crippen molar-refractivity contribution in [1.29, 1.82) is 0 Å². The lowest BCUT2D eigenvalue weighted by Gasteiger charge is -2.08. The fourth-order valence-electron chi connectivity index (χ4n) is 2.19. The third kappa shape index (κ3) is 3.83. The van der Waals surface area contributed by atoms with Crippen LogP contribution in [0.2, 0.25) is 5.02 Å². The molecule has 1 N–H and O–H groups in total. The molecule has 0 spiro atoms. The second kappa shape index (κ2) is 6.88. The molecule has 1 aromatic heterocycles. The summed E-state index contributed by atoms with van der Waals surface area (Å²) in [6.07, 6.45) is 0.129. The molecule has 0 aliphatic heterocycles. The van der Waals surface area contributed by atoms with Crippen LogP contribution in [-0.4, -0.2) is 17.5 Å². The summed E-state index contributed by atoms with van der Waals surface area (Å²) >= 11 is 5.85. The van der Waals surface area contributed by atoms with E-state index in [0.29, 0.717) is 28.4 Å². The lowest BCUT2D eigenvalue weighted by Crippen LogP contribution is -2.15. The summed E-state index contributed by atoms with van der Waals surface area (Å²) in [6, 6.07) is 9.06. The molecular weight excluding hydrogens is 335 g/mol. The molecule has 1 amide bonds. The number of fused-ring (bicyclic) bond motifs is 1. The largest absolute Gasteiger partial charge is 0.491 e. The monoisotopic (exact) mass is 348 g/mol. The molecule has 0 bridgehead atoms. The quantitative estimate of drug-likeness (QED) is 0.745. The van der Waals surface area contributed by atoms with E-state index in [1.165, 1.54) is 12.1 Å². The first-order valence-corrected chi connectivity index (χ1v) is 7.64. The number of ether oxygens (including phenoxy) is 1. The molecule has 0 atom stereocenters. The molecule has 3 aromatic rings. The number of oxazole rings is 1. The summed E-state index contributed by atoms with van der Waals surface area (Å²) in [5.74, 6) is 0.250. The van der Waals surface area contributed by atoms with Crippen molar-refractivity contribution in [3.63, 3.8) is 0 Å². The minimum atomic E-state index is -0.441. The molecule has 0 saturated carbocycles. The van der Waals surface area contributed by atoms with Crippen LogP contribution in [0.1, 0.15) is 12.3 Å². The van der Waals surface area contributed by atoms with Crippen LogP contribution in [0.15, 0.2) is 40.8 Å². The summed E-state index contributed by atoms with van der Waals surface area (Å²) in [5.41, 5.74) is 1.97. The van der Waals surface area contributed by atoms with Gasteiger partial charge in [0, 0.05) is 12.6 Å². The smallest absolute Gasteiger partial charge is 0.227 e. The summed E-state index contributed by atoms with van der Waals surface area (Å²) in [5, 5.41) is 2.93. The lowest BCUT2D eigenvalue weighted by molar-refractivity contribution is -0.116. The van der Waals surface area contributed by atoms with Crippen LogP contribution < -0.4 is 10.1 Å². The number of aryl methyl sites for hydroxylation is 1. The van der Waals surface area contributed by atoms with Crippen LogP contribution in [0.25, 0.3) is 11.1 Å². The van der Waals surface area contributed by atoms with Gasteiger partial charge in [0.15, 0.2) is 11.5 Å². The van der Waals surface area contributed by atoms with E-state index >= 15 is 0 Å². The van der Waals surface area contributed by atoms with Gasteiger partial charge in [0.1, 0.15) is 17.1 Å². The molecule has 0 aliphatic carbocycles. The second-order valence-corrected chi connectivity index (χ2v) is 5.54. The number of rotatable bonds is 5. The molecule has 124 valence electrons. The van der Waals surface area contributed by atoms with Gasteiger partial charge in [-0.05, 0) is 36.4 Å². The molecule has 2 aromatic carbocycles. The zero-order valence-electron chi connectivity index (χ0n) is 12.8. The predicted octanol–water partition coefficient (Wildman–Crippen LogP) is 4.34. The number of carbonyl (C=O) groups excluding carboxylic acids is 1. The standard InChI is InChI=1S/C17H14ClFN2O3/c1-10-20-14-9-12(3-5-16(14)24-10)21-17(22)6-7-23-15-4-2-11(19)8-13(15)18/h2-5,8-9H,6-7H2,1H3,(H,21,22). The van der Waals surface area contributed by atoms with Crippen molar-refractivity contribution in [2.75, 3.05) is 11.9 Å². The van der Waals surface area contributed by atoms with Crippen LogP contribution in [0.5, 0.6) is 5.75 Å². The van der Waals surface area contributed by atoms with Crippen molar-refractivity contribution < 1.29 is 18.3 Å². The molecule has 7 heteroatoms. The number of nitrogens with zero attached hydrogens (tertiary/aromatic N) is 1. The first-order chi connectivity index (χ1) is 11.5. The maximum atomic E-state index is 12.9. The molecule has 0 aliphatic rings. The number of anilines is 1. The van der Waals surface area contributed by atoms with E-state index in [1.807, 2.05) is 0 Å². The van der Waals surface area contributed by atoms with Crippen LogP contribution in [0, 0.1) is 12.7 Å². The average Bonchev–Trinajstić information content (AvgIpc) is 2.89. The van der Waals surface area contributed by atoms with E-state index in [0.717, 1.165) is 6.07 Å². The summed E-state index contributed by atoms with van der Waals surface area (Å²) in [6.45, 7) is 1.89. The van der Waals surface area contributed by atoms with Crippen molar-refractivity contribution in [3.8, 4) is 5.75 Å². The van der Waals surface area contributed by atoms with Crippen molar-refractivity contribution in [2.24, 2.45) is 0 Å². The highest BCUT2D eigenvalue weighted by Gasteiger charge is 2.08. The van der Waals surface area contributed by atoms with Gasteiger partial charge in [-0.25, -0.2) is 9.37 Å². The number of carbonyl (C=O) groups is 1. The number of benzene rings is 2. The number of amides is 1. The average molecular weight is 349 g/mol. The highest BCUT2D eigenvalue weighted by Crippen LogP contribution is 2.25. The first-order valence-electron chi connectivity index (χ1n) is 7.26. The Morgan fingerprint density at radius 2 is 2.17 bits per heavy atom. The Hall–Kier alpha value is -2.60. The highest BCUT2D eigenvalue weighted by molar-refractivity contribution is 6.32. The van der Waals surface area contributed by atoms with Crippen molar-refractivity contribution in [3.05, 3.63) is 53.1 Å². The maximum absolute atomic E-state index is 12.9. The van der Waals surface area contributed by atoms with Crippen molar-refractivity contribution in [1.82, 2.24) is 4.98 Å². The van der Waals surface area contributed by atoms with Gasteiger partial charge in [0.25, 0.3) is 0 Å². The fraction of sp³-hybridized carbons (Fsp3) is 0.176. The van der Waals surface area contributed by atoms with Crippen LogP contribution in [-0.2, 0) is 4.79 Å². The SMILES string of the molecule is Cc1nc2cc(NC(=O)CCOc3ccc(F)cc3Cl)ccc2o1. The van der Waals surface area contributed by atoms with Gasteiger partial charge in [-0.3, -0.25) is 4.79 Å². The number of hydrogen-bond acceptors (Lipinski definition) is 4. The minimum absolute atomic E-state index is 0.127. The van der Waals surface area contributed by atoms with Crippen molar-refractivity contribution in [2.45, 2.75) is 13.3 Å². The Labute approximate surface area is 142 Å². The normalized spacial score (nSPS) is 10.8. The van der Waals surface area contributed by atoms with E-state index in [9.17, 15) is 9.18 Å². The lowest BCUT2D eigenvalue weighted by atomic mass is 10.2. The zero-order valence-corrected chi connectivity index (χ0v) is 13.6. The topological polar surface area (TPSA) is 64.4 Å². The molecule has 1 heterocycles. The molecule has 24 heavy (non-hydrogen) atoms. The predicted molar refractivity (Wildman–Crippen MR) is 88.9 cm³/mol. The number of hydrogen-bond donors (Lipinski definition) is 1. The van der Waals surface area contributed by atoms with E-state index in [1.54, 1.807) is 25.1 Å². The fourth-order valence-corrected chi connectivity index (χ4v) is 2.41. The van der Waals surface area contributed by atoms with E-state index < -0.39 is 5.82 Å². The Bertz CT molecular complexity index is 895. The Kier molecular flexibility index (Phi) is 4.66. The van der Waals surface area contributed by atoms with Gasteiger partial charge < -0.3 is 14.5 Å². The Morgan fingerprint density at radius 1 is 1.33 bits per heavy atom. The Morgan fingerprint density at radius 3 is 2.96 bits per heavy atom. The molecule has 5 nitrogen and oxygen atoms in total. The second-order valence-electron chi connectivity index (χ2n) is 5.14. The van der Waals surface area contributed by atoms with E-state index in [4.69, 9.17) is 20.8 Å². The maximum Gasteiger partial charge on any atom is 0.227 e. The van der Waals surface area contributed by atoms with Gasteiger partial charge in [0.05, 0.1) is 18.1 Å². The molecule has 0 saturated heterocycles. The van der Waals surface area contributed by atoms with Gasteiger partial charge in [-0.15, -0.1) is 0 Å². The van der Waals surface area contributed by atoms with Gasteiger partial charge in [-0.1, -0.05) is 11.6 Å². The third-order valence-electron chi connectivity index (χ3n) is 3.26. The summed E-state index contributed by atoms with van der Waals surface area (Å²) in [7, 11) is 0. The zero-order chi connectivity index (χ0) is 17.1. The molecule has 3 rings (SSSR count).